The summed E-state index contributed by atoms with van der Waals surface area (Å²) >= 11 is 5.90. The van der Waals surface area contributed by atoms with Crippen LogP contribution in [0.4, 0.5) is 0 Å². The van der Waals surface area contributed by atoms with E-state index in [2.05, 4.69) is 16.4 Å². The van der Waals surface area contributed by atoms with E-state index in [9.17, 15) is 9.90 Å². The lowest BCUT2D eigenvalue weighted by Gasteiger charge is -2.08. The van der Waals surface area contributed by atoms with Gasteiger partial charge in [-0.1, -0.05) is 41.9 Å². The molecule has 162 valence electrons. The zero-order valence-electron chi connectivity index (χ0n) is 17.5. The van der Waals surface area contributed by atoms with E-state index in [4.69, 9.17) is 16.6 Å². The van der Waals surface area contributed by atoms with Crippen molar-refractivity contribution in [3.63, 3.8) is 0 Å². The summed E-state index contributed by atoms with van der Waals surface area (Å²) in [5, 5.41) is 15.4. The molecule has 6 heteroatoms. The highest BCUT2D eigenvalue weighted by atomic mass is 35.5. The number of halogens is 1. The lowest BCUT2D eigenvalue weighted by molar-refractivity contribution is -0.116. The molecule has 0 saturated heterocycles. The van der Waals surface area contributed by atoms with E-state index >= 15 is 0 Å². The van der Waals surface area contributed by atoms with Crippen molar-refractivity contribution >= 4 is 45.4 Å². The summed E-state index contributed by atoms with van der Waals surface area (Å²) in [6, 6.07) is 24.3. The molecule has 0 bridgehead atoms. The Labute approximate surface area is 195 Å². The predicted octanol–water partition coefficient (Wildman–Crippen LogP) is 6.07. The monoisotopic (exact) mass is 453 g/mol. The van der Waals surface area contributed by atoms with Crippen LogP contribution in [-0.4, -0.2) is 21.0 Å². The second-order valence-corrected chi connectivity index (χ2v) is 8.14. The van der Waals surface area contributed by atoms with Gasteiger partial charge in [0.05, 0.1) is 23.4 Å². The van der Waals surface area contributed by atoms with Gasteiger partial charge in [0.15, 0.2) is 0 Å². The third kappa shape index (κ3) is 4.45. The molecule has 0 unspecified atom stereocenters. The summed E-state index contributed by atoms with van der Waals surface area (Å²) in [7, 11) is 0. The van der Waals surface area contributed by atoms with Gasteiger partial charge < -0.3 is 15.4 Å². The average molecular weight is 454 g/mol. The van der Waals surface area contributed by atoms with Crippen LogP contribution in [0.3, 0.4) is 0 Å². The maximum atomic E-state index is 12.4. The van der Waals surface area contributed by atoms with Crippen molar-refractivity contribution in [1.29, 1.82) is 0 Å². The summed E-state index contributed by atoms with van der Waals surface area (Å²) in [6.07, 6.45) is 3.23. The van der Waals surface area contributed by atoms with Crippen LogP contribution >= 0.6 is 11.6 Å². The molecular formula is C27H20ClN3O2. The number of carbonyl (C=O) groups excluding carboxylic acids is 1. The number of para-hydroxylation sites is 1. The van der Waals surface area contributed by atoms with Gasteiger partial charge in [0.1, 0.15) is 5.75 Å². The Hall–Kier alpha value is -4.09. The Kier molecular flexibility index (Phi) is 5.55. The Bertz CT molecular complexity index is 1490. The number of amides is 1. The van der Waals surface area contributed by atoms with E-state index in [1.165, 1.54) is 6.08 Å². The second-order valence-electron chi connectivity index (χ2n) is 7.70. The predicted molar refractivity (Wildman–Crippen MR) is 133 cm³/mol. The average Bonchev–Trinajstić information content (AvgIpc) is 3.21. The Morgan fingerprint density at radius 3 is 2.55 bits per heavy atom. The number of aromatic amines is 1. The maximum Gasteiger partial charge on any atom is 0.244 e. The van der Waals surface area contributed by atoms with E-state index in [-0.39, 0.29) is 18.2 Å². The van der Waals surface area contributed by atoms with E-state index < -0.39 is 0 Å². The first-order chi connectivity index (χ1) is 16.1. The van der Waals surface area contributed by atoms with Crippen LogP contribution in [0.2, 0.25) is 5.02 Å². The van der Waals surface area contributed by atoms with Crippen molar-refractivity contribution in [3.8, 4) is 17.0 Å². The fraction of sp³-hybridized carbons (Fsp3) is 0.0370. The fourth-order valence-electron chi connectivity index (χ4n) is 3.80. The molecule has 5 nitrogen and oxygen atoms in total. The van der Waals surface area contributed by atoms with Crippen LogP contribution in [0, 0.1) is 0 Å². The third-order valence-electron chi connectivity index (χ3n) is 5.43. The fourth-order valence-corrected chi connectivity index (χ4v) is 3.93. The molecule has 0 aliphatic heterocycles. The molecule has 0 saturated carbocycles. The first kappa shape index (κ1) is 20.8. The standard InChI is InChI=1S/C27H20ClN3O2/c28-19-10-5-17(6-11-19)7-14-25(33)29-16-20-15-23-22-3-1-2-4-24(22)31-27(23)26(30-20)18-8-12-21(32)13-9-18/h1-15,31-32H,16H2,(H,29,33)/b14-7+. The molecule has 2 aromatic heterocycles. The van der Waals surface area contributed by atoms with Gasteiger partial charge in [-0.15, -0.1) is 0 Å². The SMILES string of the molecule is O=C(/C=C/c1ccc(Cl)cc1)NCc1cc2c([nH]c3ccccc32)c(-c2ccc(O)cc2)n1. The molecular weight excluding hydrogens is 434 g/mol. The highest BCUT2D eigenvalue weighted by Crippen LogP contribution is 2.33. The van der Waals surface area contributed by atoms with Gasteiger partial charge in [-0.25, -0.2) is 4.98 Å². The van der Waals surface area contributed by atoms with Gasteiger partial charge in [-0.3, -0.25) is 4.79 Å². The molecule has 0 atom stereocenters. The molecule has 0 aliphatic rings. The van der Waals surface area contributed by atoms with Crippen LogP contribution < -0.4 is 5.32 Å². The number of rotatable bonds is 5. The van der Waals surface area contributed by atoms with Crippen molar-refractivity contribution < 1.29 is 9.90 Å². The minimum absolute atomic E-state index is 0.197. The first-order valence-electron chi connectivity index (χ1n) is 10.5. The van der Waals surface area contributed by atoms with Gasteiger partial charge in [-0.2, -0.15) is 0 Å². The van der Waals surface area contributed by atoms with Gasteiger partial charge in [0.2, 0.25) is 5.91 Å². The lowest BCUT2D eigenvalue weighted by atomic mass is 10.1. The van der Waals surface area contributed by atoms with Crippen LogP contribution in [0.5, 0.6) is 5.75 Å². The van der Waals surface area contributed by atoms with Gasteiger partial charge in [-0.05, 0) is 60.2 Å². The number of pyridine rings is 1. The summed E-state index contributed by atoms with van der Waals surface area (Å²) in [5.74, 6) is -0.0144. The number of aromatic hydroxyl groups is 1. The first-order valence-corrected chi connectivity index (χ1v) is 10.9. The van der Waals surface area contributed by atoms with E-state index in [0.717, 1.165) is 44.3 Å². The molecule has 5 rings (SSSR count). The molecule has 1 amide bonds. The van der Waals surface area contributed by atoms with Crippen LogP contribution in [0.25, 0.3) is 39.1 Å². The number of hydrogen-bond donors (Lipinski definition) is 3. The lowest BCUT2D eigenvalue weighted by Crippen LogP contribution is -2.21. The van der Waals surface area contributed by atoms with Crippen molar-refractivity contribution in [3.05, 3.63) is 101 Å². The number of nitrogens with one attached hydrogen (secondary N) is 2. The number of phenolic OH excluding ortho intramolecular Hbond substituents is 1. The van der Waals surface area contributed by atoms with Crippen molar-refractivity contribution in [1.82, 2.24) is 15.3 Å². The van der Waals surface area contributed by atoms with Gasteiger partial charge >= 0.3 is 0 Å². The Balaban J connectivity index is 1.46. The molecule has 5 aromatic rings. The molecule has 2 heterocycles. The number of hydrogen-bond acceptors (Lipinski definition) is 3. The Morgan fingerprint density at radius 1 is 1.00 bits per heavy atom. The number of carbonyl (C=O) groups is 1. The third-order valence-corrected chi connectivity index (χ3v) is 5.68. The highest BCUT2D eigenvalue weighted by Gasteiger charge is 2.14. The van der Waals surface area contributed by atoms with Gasteiger partial charge in [0, 0.05) is 33.0 Å². The number of H-pyrrole nitrogens is 1. The zero-order chi connectivity index (χ0) is 22.8. The number of phenols is 1. The second kappa shape index (κ2) is 8.81. The number of fused-ring (bicyclic) bond motifs is 3. The molecule has 0 fully saturated rings. The molecule has 33 heavy (non-hydrogen) atoms. The van der Waals surface area contributed by atoms with Crippen LogP contribution in [0.15, 0.2) is 84.9 Å². The molecule has 0 aliphatic carbocycles. The van der Waals surface area contributed by atoms with E-state index in [1.54, 1.807) is 30.3 Å². The number of aromatic nitrogens is 2. The quantitative estimate of drug-likeness (QED) is 0.282. The maximum absolute atomic E-state index is 12.4. The van der Waals surface area contributed by atoms with E-state index in [1.807, 2.05) is 48.5 Å². The topological polar surface area (TPSA) is 78.0 Å². The van der Waals surface area contributed by atoms with E-state index in [0.29, 0.717) is 5.02 Å². The summed E-state index contributed by atoms with van der Waals surface area (Å²) < 4.78 is 0. The molecule has 3 aromatic carbocycles. The zero-order valence-corrected chi connectivity index (χ0v) is 18.3. The molecule has 0 spiro atoms. The Morgan fingerprint density at radius 2 is 1.76 bits per heavy atom. The minimum Gasteiger partial charge on any atom is -0.508 e. The normalized spacial score (nSPS) is 11.4. The minimum atomic E-state index is -0.211. The van der Waals surface area contributed by atoms with Crippen molar-refractivity contribution in [2.24, 2.45) is 0 Å². The highest BCUT2D eigenvalue weighted by molar-refractivity contribution is 6.30. The summed E-state index contributed by atoms with van der Waals surface area (Å²) in [6.45, 7) is 0.282. The summed E-state index contributed by atoms with van der Waals surface area (Å²) in [5.41, 5.74) is 5.21. The number of nitrogens with zero attached hydrogens (tertiary/aromatic N) is 1. The summed E-state index contributed by atoms with van der Waals surface area (Å²) in [4.78, 5) is 20.7. The van der Waals surface area contributed by atoms with Crippen LogP contribution in [-0.2, 0) is 11.3 Å². The molecule has 3 N–H and O–H groups in total. The number of benzene rings is 3. The van der Waals surface area contributed by atoms with Gasteiger partial charge in [0.25, 0.3) is 0 Å². The molecule has 0 radical (unpaired) electrons. The largest absolute Gasteiger partial charge is 0.508 e. The van der Waals surface area contributed by atoms with Crippen molar-refractivity contribution in [2.45, 2.75) is 6.54 Å². The smallest absolute Gasteiger partial charge is 0.244 e. The van der Waals surface area contributed by atoms with Crippen LogP contribution in [0.1, 0.15) is 11.3 Å². The van der Waals surface area contributed by atoms with Crippen molar-refractivity contribution in [2.75, 3.05) is 0 Å².